The summed E-state index contributed by atoms with van der Waals surface area (Å²) in [5, 5.41) is 2.88. The van der Waals surface area contributed by atoms with Crippen LogP contribution in [0.1, 0.15) is 30.5 Å². The number of nitroso groups, excluding NO2 is 1. The predicted molar refractivity (Wildman–Crippen MR) is 60.5 cm³/mol. The molecule has 1 fully saturated rings. The first-order chi connectivity index (χ1) is 7.31. The zero-order chi connectivity index (χ0) is 10.7. The Labute approximate surface area is 90.1 Å². The van der Waals surface area contributed by atoms with Gasteiger partial charge < -0.3 is 0 Å². The molecular weight excluding hydrogens is 188 g/mol. The molecule has 1 heterocycles. The molecule has 1 aliphatic heterocycles. The molecule has 1 unspecified atom stereocenters. The molecular formula is C12H16N2O. The normalized spacial score (nSPS) is 18.2. The van der Waals surface area contributed by atoms with Gasteiger partial charge in [-0.05, 0) is 37.6 Å². The van der Waals surface area contributed by atoms with E-state index in [0.29, 0.717) is 6.04 Å². The zero-order valence-corrected chi connectivity index (χ0v) is 9.02. The van der Waals surface area contributed by atoms with Gasteiger partial charge in [-0.15, -0.1) is 0 Å². The van der Waals surface area contributed by atoms with Crippen molar-refractivity contribution in [2.24, 2.45) is 5.18 Å². The number of hydrogen-bond acceptors (Lipinski definition) is 3. The van der Waals surface area contributed by atoms with Crippen LogP contribution in [0.5, 0.6) is 0 Å². The van der Waals surface area contributed by atoms with Gasteiger partial charge >= 0.3 is 0 Å². The molecule has 1 aromatic rings. The van der Waals surface area contributed by atoms with E-state index in [1.54, 1.807) is 0 Å². The molecule has 15 heavy (non-hydrogen) atoms. The fraction of sp³-hybridized carbons (Fsp3) is 0.500. The van der Waals surface area contributed by atoms with Gasteiger partial charge in [-0.3, -0.25) is 4.90 Å². The summed E-state index contributed by atoms with van der Waals surface area (Å²) in [7, 11) is 0. The van der Waals surface area contributed by atoms with Crippen molar-refractivity contribution >= 4 is 0 Å². The van der Waals surface area contributed by atoms with Crippen LogP contribution in [0.2, 0.25) is 0 Å². The highest BCUT2D eigenvalue weighted by atomic mass is 16.3. The zero-order valence-electron chi connectivity index (χ0n) is 9.02. The van der Waals surface area contributed by atoms with Crippen molar-refractivity contribution in [2.45, 2.75) is 25.9 Å². The van der Waals surface area contributed by atoms with Gasteiger partial charge in [0.1, 0.15) is 6.54 Å². The van der Waals surface area contributed by atoms with Gasteiger partial charge in [0.15, 0.2) is 0 Å². The number of likely N-dealkylation sites (tertiary alicyclic amines) is 1. The summed E-state index contributed by atoms with van der Waals surface area (Å²) in [6.45, 7) is 4.92. The van der Waals surface area contributed by atoms with Crippen LogP contribution in [0.3, 0.4) is 0 Å². The molecule has 0 bridgehead atoms. The second-order valence-corrected chi connectivity index (χ2v) is 4.09. The lowest BCUT2D eigenvalue weighted by atomic mass is 10.0. The molecule has 2 rings (SSSR count). The summed E-state index contributed by atoms with van der Waals surface area (Å²) >= 11 is 0. The second-order valence-electron chi connectivity index (χ2n) is 4.09. The third kappa shape index (κ3) is 2.23. The van der Waals surface area contributed by atoms with Crippen molar-refractivity contribution in [1.82, 2.24) is 4.90 Å². The van der Waals surface area contributed by atoms with E-state index in [1.165, 1.54) is 25.1 Å². The molecule has 0 spiro atoms. The summed E-state index contributed by atoms with van der Waals surface area (Å²) in [6.07, 6.45) is 1.32. The monoisotopic (exact) mass is 204 g/mol. The van der Waals surface area contributed by atoms with E-state index in [0.717, 1.165) is 5.56 Å². The molecule has 1 aliphatic rings. The van der Waals surface area contributed by atoms with Crippen LogP contribution >= 0.6 is 0 Å². The summed E-state index contributed by atoms with van der Waals surface area (Å²) in [5.41, 5.74) is 2.31. The SMILES string of the molecule is CC(c1ccc(CN=O)cc1)N1CCC1. The highest BCUT2D eigenvalue weighted by Crippen LogP contribution is 2.25. The van der Waals surface area contributed by atoms with E-state index in [4.69, 9.17) is 0 Å². The van der Waals surface area contributed by atoms with Crippen LogP contribution in [-0.2, 0) is 6.54 Å². The van der Waals surface area contributed by atoms with Crippen molar-refractivity contribution in [1.29, 1.82) is 0 Å². The van der Waals surface area contributed by atoms with Gasteiger partial charge in [0.2, 0.25) is 0 Å². The predicted octanol–water partition coefficient (Wildman–Crippen LogP) is 2.72. The van der Waals surface area contributed by atoms with Gasteiger partial charge in [-0.1, -0.05) is 29.4 Å². The van der Waals surface area contributed by atoms with E-state index in [-0.39, 0.29) is 6.54 Å². The Balaban J connectivity index is 2.04. The number of hydrogen-bond donors (Lipinski definition) is 0. The Morgan fingerprint density at radius 2 is 2.00 bits per heavy atom. The molecule has 0 radical (unpaired) electrons. The van der Waals surface area contributed by atoms with Crippen molar-refractivity contribution in [3.05, 3.63) is 40.3 Å². The van der Waals surface area contributed by atoms with Gasteiger partial charge in [0.05, 0.1) is 0 Å². The van der Waals surface area contributed by atoms with Crippen LogP contribution in [0.25, 0.3) is 0 Å². The first-order valence-electron chi connectivity index (χ1n) is 5.43. The largest absolute Gasteiger partial charge is 0.297 e. The minimum atomic E-state index is 0.276. The quantitative estimate of drug-likeness (QED) is 0.706. The maximum atomic E-state index is 10.1. The molecule has 0 saturated carbocycles. The number of benzene rings is 1. The summed E-state index contributed by atoms with van der Waals surface area (Å²) in [6, 6.07) is 8.68. The molecule has 3 heteroatoms. The topological polar surface area (TPSA) is 32.7 Å². The highest BCUT2D eigenvalue weighted by molar-refractivity contribution is 5.25. The van der Waals surface area contributed by atoms with Crippen molar-refractivity contribution in [3.8, 4) is 0 Å². The van der Waals surface area contributed by atoms with E-state index in [9.17, 15) is 4.91 Å². The minimum absolute atomic E-state index is 0.276. The maximum absolute atomic E-state index is 10.1. The van der Waals surface area contributed by atoms with Crippen LogP contribution in [0, 0.1) is 4.91 Å². The van der Waals surface area contributed by atoms with Crippen LogP contribution in [0.15, 0.2) is 29.4 Å². The van der Waals surface area contributed by atoms with Gasteiger partial charge in [-0.25, -0.2) is 0 Å². The van der Waals surface area contributed by atoms with Crippen molar-refractivity contribution < 1.29 is 0 Å². The number of rotatable bonds is 4. The summed E-state index contributed by atoms with van der Waals surface area (Å²) in [5.74, 6) is 0. The fourth-order valence-corrected chi connectivity index (χ4v) is 1.91. The molecule has 0 aliphatic carbocycles. The Hall–Kier alpha value is -1.22. The Kier molecular flexibility index (Phi) is 3.11. The van der Waals surface area contributed by atoms with Crippen molar-refractivity contribution in [2.75, 3.05) is 13.1 Å². The second kappa shape index (κ2) is 4.53. The molecule has 3 nitrogen and oxygen atoms in total. The van der Waals surface area contributed by atoms with Gasteiger partial charge in [-0.2, -0.15) is 4.91 Å². The van der Waals surface area contributed by atoms with Crippen LogP contribution in [-0.4, -0.2) is 18.0 Å². The third-order valence-electron chi connectivity index (χ3n) is 3.15. The molecule has 1 saturated heterocycles. The number of nitrogens with zero attached hydrogens (tertiary/aromatic N) is 2. The van der Waals surface area contributed by atoms with E-state index >= 15 is 0 Å². The average molecular weight is 204 g/mol. The van der Waals surface area contributed by atoms with E-state index in [1.807, 2.05) is 12.1 Å². The highest BCUT2D eigenvalue weighted by Gasteiger charge is 2.20. The smallest absolute Gasteiger partial charge is 0.106 e. The van der Waals surface area contributed by atoms with E-state index < -0.39 is 0 Å². The van der Waals surface area contributed by atoms with Crippen LogP contribution < -0.4 is 0 Å². The molecule has 0 aromatic heterocycles. The fourth-order valence-electron chi connectivity index (χ4n) is 1.91. The first-order valence-corrected chi connectivity index (χ1v) is 5.43. The summed E-state index contributed by atoms with van der Waals surface area (Å²) in [4.78, 5) is 12.5. The molecule has 0 amide bonds. The van der Waals surface area contributed by atoms with E-state index in [2.05, 4.69) is 29.1 Å². The maximum Gasteiger partial charge on any atom is 0.106 e. The molecule has 80 valence electrons. The summed E-state index contributed by atoms with van der Waals surface area (Å²) < 4.78 is 0. The molecule has 0 N–H and O–H groups in total. The lowest BCUT2D eigenvalue weighted by Crippen LogP contribution is -2.38. The lowest BCUT2D eigenvalue weighted by Gasteiger charge is -2.36. The molecule has 1 atom stereocenters. The third-order valence-corrected chi connectivity index (χ3v) is 3.15. The Morgan fingerprint density at radius 1 is 1.33 bits per heavy atom. The van der Waals surface area contributed by atoms with Gasteiger partial charge in [0, 0.05) is 6.04 Å². The van der Waals surface area contributed by atoms with Gasteiger partial charge in [0.25, 0.3) is 0 Å². The first kappa shape index (κ1) is 10.3. The van der Waals surface area contributed by atoms with Crippen LogP contribution in [0.4, 0.5) is 0 Å². The lowest BCUT2D eigenvalue weighted by molar-refractivity contribution is 0.128. The Bertz CT molecular complexity index is 330. The Morgan fingerprint density at radius 3 is 2.47 bits per heavy atom. The van der Waals surface area contributed by atoms with Crippen molar-refractivity contribution in [3.63, 3.8) is 0 Å². The standard InChI is InChI=1S/C12H16N2O/c1-10(14-7-2-8-14)12-5-3-11(4-6-12)9-13-15/h3-6,10H,2,7-9H2,1H3. The molecule has 1 aromatic carbocycles. The average Bonchev–Trinajstić information content (AvgIpc) is 2.16. The minimum Gasteiger partial charge on any atom is -0.297 e.